The van der Waals surface area contributed by atoms with Crippen LogP contribution in [0.3, 0.4) is 0 Å². The molecule has 4 aromatic heterocycles. The summed E-state index contributed by atoms with van der Waals surface area (Å²) in [6.07, 6.45) is -0.242. The summed E-state index contributed by atoms with van der Waals surface area (Å²) in [6, 6.07) is 5.18. The molecule has 5 heterocycles. The Hall–Kier alpha value is -4.10. The lowest BCUT2D eigenvalue weighted by Crippen LogP contribution is -2.27. The third-order valence-corrected chi connectivity index (χ3v) is 7.09. The summed E-state index contributed by atoms with van der Waals surface area (Å²) in [5.41, 5.74) is 1.21. The maximum absolute atomic E-state index is 13.6. The normalized spacial score (nSPS) is 12.5. The second-order valence-corrected chi connectivity index (χ2v) is 9.92. The molecule has 0 unspecified atom stereocenters. The molecule has 39 heavy (non-hydrogen) atoms. The number of methoxy groups -OCH3 is 1. The Morgan fingerprint density at radius 3 is 2.64 bits per heavy atom. The molecule has 14 heteroatoms. The van der Waals surface area contributed by atoms with Crippen LogP contribution in [-0.2, 0) is 13.1 Å². The molecule has 0 fully saturated rings. The summed E-state index contributed by atoms with van der Waals surface area (Å²) in [6.45, 7) is 2.00. The zero-order valence-corrected chi connectivity index (χ0v) is 21.9. The standard InChI is InChI=1S/C25H18ClF3N6O3S/c1-11-5-12(13-6-20(26)31-8-18(13)38-2)14(7-30-11)23(36)34-25-33-17-9-35(10-19(17)39-25)24(37)16-4-3-15(27)21(32-16)22(28)29/h3-8,22H,9-10H2,1-2H3,(H,33,34,36). The number of pyridine rings is 3. The number of hydrogen-bond acceptors (Lipinski definition) is 8. The van der Waals surface area contributed by atoms with Crippen molar-refractivity contribution in [3.63, 3.8) is 0 Å². The summed E-state index contributed by atoms with van der Waals surface area (Å²) in [4.78, 5) is 44.3. The number of alkyl halides is 2. The zero-order chi connectivity index (χ0) is 27.8. The van der Waals surface area contributed by atoms with Crippen molar-refractivity contribution in [3.8, 4) is 16.9 Å². The maximum Gasteiger partial charge on any atom is 0.283 e. The minimum atomic E-state index is -3.15. The van der Waals surface area contributed by atoms with E-state index < -0.39 is 29.8 Å². The van der Waals surface area contributed by atoms with Gasteiger partial charge in [-0.2, -0.15) is 0 Å². The lowest BCUT2D eigenvalue weighted by molar-refractivity contribution is 0.0742. The van der Waals surface area contributed by atoms with Crippen LogP contribution >= 0.6 is 22.9 Å². The van der Waals surface area contributed by atoms with Gasteiger partial charge in [0.1, 0.15) is 22.3 Å². The number of nitrogens with zero attached hydrogens (tertiary/aromatic N) is 5. The topological polar surface area (TPSA) is 110 Å². The summed E-state index contributed by atoms with van der Waals surface area (Å²) >= 11 is 7.27. The Morgan fingerprint density at radius 2 is 1.92 bits per heavy atom. The number of fused-ring (bicyclic) bond motifs is 1. The molecule has 5 rings (SSSR count). The number of thiazole rings is 1. The van der Waals surface area contributed by atoms with E-state index in [1.165, 1.54) is 35.7 Å². The van der Waals surface area contributed by atoms with Crippen LogP contribution < -0.4 is 10.1 Å². The molecule has 2 amide bonds. The Labute approximate surface area is 228 Å². The Morgan fingerprint density at radius 1 is 1.13 bits per heavy atom. The number of amides is 2. The average Bonchev–Trinajstić information content (AvgIpc) is 3.47. The van der Waals surface area contributed by atoms with Gasteiger partial charge in [-0.3, -0.25) is 19.9 Å². The Kier molecular flexibility index (Phi) is 7.19. The van der Waals surface area contributed by atoms with Crippen molar-refractivity contribution in [1.82, 2.24) is 24.8 Å². The van der Waals surface area contributed by atoms with Crippen molar-refractivity contribution in [1.29, 1.82) is 0 Å². The van der Waals surface area contributed by atoms with Gasteiger partial charge in [-0.1, -0.05) is 22.9 Å². The van der Waals surface area contributed by atoms with E-state index >= 15 is 0 Å². The van der Waals surface area contributed by atoms with Crippen LogP contribution in [-0.4, -0.2) is 43.8 Å². The van der Waals surface area contributed by atoms with Crippen molar-refractivity contribution in [2.75, 3.05) is 12.4 Å². The highest BCUT2D eigenvalue weighted by molar-refractivity contribution is 7.16. The van der Waals surface area contributed by atoms with E-state index in [9.17, 15) is 22.8 Å². The van der Waals surface area contributed by atoms with Crippen LogP contribution in [0.25, 0.3) is 11.1 Å². The van der Waals surface area contributed by atoms with Gasteiger partial charge in [0.2, 0.25) is 0 Å². The minimum absolute atomic E-state index is 0.0770. The van der Waals surface area contributed by atoms with E-state index in [2.05, 4.69) is 25.3 Å². The maximum atomic E-state index is 13.6. The lowest BCUT2D eigenvalue weighted by atomic mass is 10.0. The predicted octanol–water partition coefficient (Wildman–Crippen LogP) is 5.45. The second kappa shape index (κ2) is 10.6. The third-order valence-electron chi connectivity index (χ3n) is 5.89. The van der Waals surface area contributed by atoms with E-state index in [4.69, 9.17) is 16.3 Å². The fourth-order valence-corrected chi connectivity index (χ4v) is 5.19. The van der Waals surface area contributed by atoms with Gasteiger partial charge in [-0.05, 0) is 31.2 Å². The van der Waals surface area contributed by atoms with E-state index in [1.807, 2.05) is 0 Å². The first-order valence-electron chi connectivity index (χ1n) is 11.3. The Bertz CT molecular complexity index is 1590. The van der Waals surface area contributed by atoms with Crippen LogP contribution in [0.2, 0.25) is 5.15 Å². The van der Waals surface area contributed by atoms with Gasteiger partial charge in [-0.25, -0.2) is 28.1 Å². The third kappa shape index (κ3) is 5.27. The minimum Gasteiger partial charge on any atom is -0.494 e. The molecule has 0 aromatic carbocycles. The SMILES string of the molecule is COc1cnc(Cl)cc1-c1cc(C)ncc1C(=O)Nc1nc2c(s1)CN(C(=O)c1ccc(F)c(C(F)F)n1)C2. The molecule has 0 aliphatic carbocycles. The number of aryl methyl sites for hydroxylation is 1. The molecule has 9 nitrogen and oxygen atoms in total. The number of nitrogens with one attached hydrogen (secondary N) is 1. The zero-order valence-electron chi connectivity index (χ0n) is 20.3. The first-order chi connectivity index (χ1) is 18.6. The molecule has 200 valence electrons. The van der Waals surface area contributed by atoms with Crippen molar-refractivity contribution in [2.45, 2.75) is 26.4 Å². The number of ether oxygens (including phenoxy) is 1. The van der Waals surface area contributed by atoms with Gasteiger partial charge < -0.3 is 9.64 Å². The van der Waals surface area contributed by atoms with Gasteiger partial charge in [-0.15, -0.1) is 0 Å². The summed E-state index contributed by atoms with van der Waals surface area (Å²) in [7, 11) is 1.48. The van der Waals surface area contributed by atoms with Crippen LogP contribution in [0.5, 0.6) is 5.75 Å². The molecule has 0 spiro atoms. The van der Waals surface area contributed by atoms with E-state index in [1.54, 1.807) is 19.1 Å². The van der Waals surface area contributed by atoms with Crippen LogP contribution in [0.15, 0.2) is 36.7 Å². The summed E-state index contributed by atoms with van der Waals surface area (Å²) in [5.74, 6) is -1.86. The molecule has 1 aliphatic rings. The number of aromatic nitrogens is 4. The van der Waals surface area contributed by atoms with Gasteiger partial charge in [0.15, 0.2) is 10.9 Å². The first-order valence-corrected chi connectivity index (χ1v) is 12.5. The van der Waals surface area contributed by atoms with E-state index in [0.717, 1.165) is 12.1 Å². The van der Waals surface area contributed by atoms with Gasteiger partial charge in [0.25, 0.3) is 18.2 Å². The number of halogens is 4. The Balaban J connectivity index is 1.34. The fourth-order valence-electron chi connectivity index (χ4n) is 4.05. The molecule has 0 saturated carbocycles. The molecule has 0 radical (unpaired) electrons. The smallest absolute Gasteiger partial charge is 0.283 e. The average molecular weight is 575 g/mol. The van der Waals surface area contributed by atoms with Gasteiger partial charge in [0.05, 0.1) is 42.5 Å². The fraction of sp³-hybridized carbons (Fsp3) is 0.200. The highest BCUT2D eigenvalue weighted by Crippen LogP contribution is 2.35. The summed E-state index contributed by atoms with van der Waals surface area (Å²) < 4.78 is 44.9. The van der Waals surface area contributed by atoms with Gasteiger partial charge in [0, 0.05) is 23.0 Å². The quantitative estimate of drug-likeness (QED) is 0.305. The number of anilines is 1. The monoisotopic (exact) mass is 574 g/mol. The summed E-state index contributed by atoms with van der Waals surface area (Å²) in [5, 5.41) is 3.30. The van der Waals surface area contributed by atoms with Crippen molar-refractivity contribution < 1.29 is 27.5 Å². The molecular weight excluding hydrogens is 557 g/mol. The number of carbonyl (C=O) groups excluding carboxylic acids is 2. The molecule has 0 saturated heterocycles. The highest BCUT2D eigenvalue weighted by atomic mass is 35.5. The lowest BCUT2D eigenvalue weighted by Gasteiger charge is -2.15. The molecule has 4 aromatic rings. The molecular formula is C25H18ClF3N6O3S. The van der Waals surface area contributed by atoms with Crippen molar-refractivity contribution in [3.05, 3.63) is 80.8 Å². The number of hydrogen-bond donors (Lipinski definition) is 1. The molecule has 0 bridgehead atoms. The van der Waals surface area contributed by atoms with Crippen molar-refractivity contribution in [2.24, 2.45) is 0 Å². The van der Waals surface area contributed by atoms with Crippen LogP contribution in [0.1, 0.15) is 49.2 Å². The second-order valence-electron chi connectivity index (χ2n) is 8.45. The highest BCUT2D eigenvalue weighted by Gasteiger charge is 2.30. The van der Waals surface area contributed by atoms with Crippen LogP contribution in [0, 0.1) is 12.7 Å². The van der Waals surface area contributed by atoms with Crippen molar-refractivity contribution >= 4 is 39.9 Å². The number of carbonyl (C=O) groups is 2. The number of rotatable bonds is 6. The first kappa shape index (κ1) is 26.5. The predicted molar refractivity (Wildman–Crippen MR) is 137 cm³/mol. The largest absolute Gasteiger partial charge is 0.494 e. The molecule has 0 atom stereocenters. The van der Waals surface area contributed by atoms with E-state index in [-0.39, 0.29) is 29.5 Å². The van der Waals surface area contributed by atoms with Gasteiger partial charge >= 0.3 is 0 Å². The van der Waals surface area contributed by atoms with E-state index in [0.29, 0.717) is 38.3 Å². The molecule has 1 N–H and O–H groups in total. The molecule has 1 aliphatic heterocycles. The van der Waals surface area contributed by atoms with Crippen LogP contribution in [0.4, 0.5) is 18.3 Å².